The van der Waals surface area contributed by atoms with Gasteiger partial charge in [0.15, 0.2) is 5.13 Å². The first-order valence-corrected chi connectivity index (χ1v) is 12.0. The topological polar surface area (TPSA) is 83.4 Å². The van der Waals surface area contributed by atoms with Crippen LogP contribution in [0.3, 0.4) is 0 Å². The van der Waals surface area contributed by atoms with Crippen LogP contribution >= 0.6 is 11.3 Å². The number of hydrogen-bond acceptors (Lipinski definition) is 6. The SMILES string of the molecule is O=C(NCCCn1ccnc1)c1cnc(N(Cc2ccc(F)cc2)C(=O)CN2CC=CCC2)s1. The molecule has 178 valence electrons. The lowest BCUT2D eigenvalue weighted by Gasteiger charge is -2.26. The monoisotopic (exact) mass is 482 g/mol. The number of hydrogen-bond donors (Lipinski definition) is 1. The van der Waals surface area contributed by atoms with Crippen molar-refractivity contribution >= 4 is 28.3 Å². The van der Waals surface area contributed by atoms with Crippen molar-refractivity contribution in [3.05, 3.63) is 77.6 Å². The zero-order chi connectivity index (χ0) is 23.8. The number of carbonyl (C=O) groups is 2. The Morgan fingerprint density at radius 2 is 2.06 bits per heavy atom. The Kier molecular flexibility index (Phi) is 8.16. The second-order valence-electron chi connectivity index (χ2n) is 8.02. The summed E-state index contributed by atoms with van der Waals surface area (Å²) < 4.78 is 15.3. The van der Waals surface area contributed by atoms with Crippen LogP contribution in [-0.4, -0.2) is 57.4 Å². The van der Waals surface area contributed by atoms with Crippen molar-refractivity contribution in [3.8, 4) is 0 Å². The molecule has 2 aromatic heterocycles. The minimum Gasteiger partial charge on any atom is -0.351 e. The van der Waals surface area contributed by atoms with Crippen molar-refractivity contribution in [2.75, 3.05) is 31.1 Å². The van der Waals surface area contributed by atoms with Crippen molar-refractivity contribution in [1.82, 2.24) is 24.8 Å². The van der Waals surface area contributed by atoms with Gasteiger partial charge in [-0.2, -0.15) is 0 Å². The van der Waals surface area contributed by atoms with E-state index in [-0.39, 0.29) is 30.7 Å². The summed E-state index contributed by atoms with van der Waals surface area (Å²) in [6.07, 6.45) is 12.7. The summed E-state index contributed by atoms with van der Waals surface area (Å²) in [5, 5.41) is 3.35. The number of halogens is 1. The molecule has 0 atom stereocenters. The van der Waals surface area contributed by atoms with Crippen LogP contribution in [0.25, 0.3) is 0 Å². The average molecular weight is 483 g/mol. The third-order valence-electron chi connectivity index (χ3n) is 5.44. The molecule has 4 rings (SSSR count). The van der Waals surface area contributed by atoms with Gasteiger partial charge in [-0.15, -0.1) is 0 Å². The highest BCUT2D eigenvalue weighted by Gasteiger charge is 2.23. The van der Waals surface area contributed by atoms with Gasteiger partial charge in [0.2, 0.25) is 5.91 Å². The zero-order valence-electron chi connectivity index (χ0n) is 18.8. The van der Waals surface area contributed by atoms with E-state index in [1.165, 1.54) is 29.7 Å². The highest BCUT2D eigenvalue weighted by molar-refractivity contribution is 7.17. The number of carbonyl (C=O) groups excluding carboxylic acids is 2. The van der Waals surface area contributed by atoms with Gasteiger partial charge >= 0.3 is 0 Å². The van der Waals surface area contributed by atoms with Crippen LogP contribution in [0.1, 0.15) is 28.1 Å². The number of imidazole rings is 1. The van der Waals surface area contributed by atoms with E-state index >= 15 is 0 Å². The van der Waals surface area contributed by atoms with E-state index in [1.54, 1.807) is 29.6 Å². The van der Waals surface area contributed by atoms with Crippen LogP contribution in [-0.2, 0) is 17.9 Å². The second-order valence-corrected chi connectivity index (χ2v) is 9.03. The summed E-state index contributed by atoms with van der Waals surface area (Å²) in [6, 6.07) is 6.05. The van der Waals surface area contributed by atoms with E-state index in [0.717, 1.165) is 38.0 Å². The highest BCUT2D eigenvalue weighted by atomic mass is 32.1. The molecule has 34 heavy (non-hydrogen) atoms. The Bertz CT molecular complexity index is 1110. The number of amides is 2. The fourth-order valence-electron chi connectivity index (χ4n) is 3.61. The molecule has 3 heterocycles. The maximum absolute atomic E-state index is 13.4. The number of rotatable bonds is 10. The first-order valence-electron chi connectivity index (χ1n) is 11.2. The van der Waals surface area contributed by atoms with Gasteiger partial charge in [0.1, 0.15) is 10.7 Å². The van der Waals surface area contributed by atoms with Gasteiger partial charge in [0.25, 0.3) is 5.91 Å². The van der Waals surface area contributed by atoms with Crippen molar-refractivity contribution in [3.63, 3.8) is 0 Å². The molecule has 0 aliphatic carbocycles. The molecule has 1 aromatic carbocycles. The number of benzene rings is 1. The fourth-order valence-corrected chi connectivity index (χ4v) is 4.46. The largest absolute Gasteiger partial charge is 0.351 e. The van der Waals surface area contributed by atoms with Gasteiger partial charge < -0.3 is 9.88 Å². The third-order valence-corrected chi connectivity index (χ3v) is 6.46. The molecular weight excluding hydrogens is 455 g/mol. The lowest BCUT2D eigenvalue weighted by molar-refractivity contribution is -0.119. The molecule has 0 bridgehead atoms. The van der Waals surface area contributed by atoms with E-state index in [9.17, 15) is 14.0 Å². The van der Waals surface area contributed by atoms with Gasteiger partial charge in [0, 0.05) is 38.6 Å². The van der Waals surface area contributed by atoms with E-state index < -0.39 is 0 Å². The van der Waals surface area contributed by atoms with Gasteiger partial charge in [-0.25, -0.2) is 14.4 Å². The molecule has 0 saturated carbocycles. The summed E-state index contributed by atoms with van der Waals surface area (Å²) >= 11 is 1.18. The molecule has 8 nitrogen and oxygen atoms in total. The first kappa shape index (κ1) is 23.8. The number of thiazole rings is 1. The van der Waals surface area contributed by atoms with Gasteiger partial charge in [-0.05, 0) is 30.5 Å². The number of aromatic nitrogens is 3. The van der Waals surface area contributed by atoms with E-state index in [1.807, 2.05) is 10.8 Å². The summed E-state index contributed by atoms with van der Waals surface area (Å²) in [6.45, 7) is 3.33. The molecule has 1 aliphatic heterocycles. The van der Waals surface area contributed by atoms with Crippen LogP contribution in [0.5, 0.6) is 0 Å². The number of aryl methyl sites for hydroxylation is 1. The highest BCUT2D eigenvalue weighted by Crippen LogP contribution is 2.25. The molecule has 2 amide bonds. The maximum Gasteiger partial charge on any atom is 0.263 e. The van der Waals surface area contributed by atoms with Gasteiger partial charge in [-0.3, -0.25) is 19.4 Å². The summed E-state index contributed by atoms with van der Waals surface area (Å²) in [7, 11) is 0. The average Bonchev–Trinajstić information content (AvgIpc) is 3.54. The standard InChI is InChI=1S/C24H27FN6O2S/c25-20-7-5-19(6-8-20)16-31(22(32)17-29-11-2-1-3-12-29)24-28-15-21(34-24)23(33)27-9-4-13-30-14-10-26-18-30/h1-2,5-8,10,14-15,18H,3-4,9,11-13,16-17H2,(H,27,33). The van der Waals surface area contributed by atoms with Crippen LogP contribution in [0.4, 0.5) is 9.52 Å². The van der Waals surface area contributed by atoms with Crippen molar-refractivity contribution in [2.45, 2.75) is 25.9 Å². The van der Waals surface area contributed by atoms with Crippen LogP contribution in [0.2, 0.25) is 0 Å². The Morgan fingerprint density at radius 3 is 2.79 bits per heavy atom. The number of nitrogens with one attached hydrogen (secondary N) is 1. The predicted molar refractivity (Wildman–Crippen MR) is 129 cm³/mol. The summed E-state index contributed by atoms with van der Waals surface area (Å²) in [5.74, 6) is -0.658. The molecule has 3 aromatic rings. The molecule has 0 spiro atoms. The molecule has 1 aliphatic rings. The quantitative estimate of drug-likeness (QED) is 0.355. The molecular formula is C24H27FN6O2S. The van der Waals surface area contributed by atoms with E-state index in [0.29, 0.717) is 16.6 Å². The van der Waals surface area contributed by atoms with Gasteiger partial charge in [0.05, 0.1) is 25.6 Å². The van der Waals surface area contributed by atoms with Crippen molar-refractivity contribution in [1.29, 1.82) is 0 Å². The van der Waals surface area contributed by atoms with Crippen molar-refractivity contribution in [2.24, 2.45) is 0 Å². The zero-order valence-corrected chi connectivity index (χ0v) is 19.6. The molecule has 0 unspecified atom stereocenters. The van der Waals surface area contributed by atoms with Crippen molar-refractivity contribution < 1.29 is 14.0 Å². The second kappa shape index (κ2) is 11.7. The normalized spacial score (nSPS) is 13.7. The maximum atomic E-state index is 13.4. The van der Waals surface area contributed by atoms with E-state index in [2.05, 4.69) is 32.3 Å². The molecule has 1 N–H and O–H groups in total. The number of nitrogens with zero attached hydrogens (tertiary/aromatic N) is 5. The fraction of sp³-hybridized carbons (Fsp3) is 0.333. The Labute approximate surface area is 201 Å². The lowest BCUT2D eigenvalue weighted by atomic mass is 10.2. The van der Waals surface area contributed by atoms with Crippen LogP contribution < -0.4 is 10.2 Å². The Morgan fingerprint density at radius 1 is 1.21 bits per heavy atom. The minimum absolute atomic E-state index is 0.110. The van der Waals surface area contributed by atoms with Crippen LogP contribution in [0, 0.1) is 5.82 Å². The molecule has 10 heteroatoms. The molecule has 0 fully saturated rings. The smallest absolute Gasteiger partial charge is 0.263 e. The first-order chi connectivity index (χ1) is 16.6. The van der Waals surface area contributed by atoms with Gasteiger partial charge in [-0.1, -0.05) is 35.6 Å². The summed E-state index contributed by atoms with van der Waals surface area (Å²) in [4.78, 5) is 38.3. The lowest BCUT2D eigenvalue weighted by Crippen LogP contribution is -2.41. The minimum atomic E-state index is -0.331. The Hall–Kier alpha value is -3.37. The van der Waals surface area contributed by atoms with E-state index in [4.69, 9.17) is 0 Å². The number of anilines is 1. The van der Waals surface area contributed by atoms with Crippen LogP contribution in [0.15, 0.2) is 61.3 Å². The molecule has 0 radical (unpaired) electrons. The predicted octanol–water partition coefficient (Wildman–Crippen LogP) is 3.09. The Balaban J connectivity index is 1.41. The molecule has 0 saturated heterocycles. The third kappa shape index (κ3) is 6.58. The summed E-state index contributed by atoms with van der Waals surface area (Å²) in [5.41, 5.74) is 0.786.